The highest BCUT2D eigenvalue weighted by molar-refractivity contribution is 6.00. The summed E-state index contributed by atoms with van der Waals surface area (Å²) in [5.41, 5.74) is 3.71. The quantitative estimate of drug-likeness (QED) is 0.473. The molecule has 0 aromatic carbocycles. The molecule has 0 radical (unpaired) electrons. The van der Waals surface area contributed by atoms with Crippen LogP contribution in [0.5, 0.6) is 0 Å². The Morgan fingerprint density at radius 3 is 2.50 bits per heavy atom. The predicted octanol–water partition coefficient (Wildman–Crippen LogP) is 7.74. The number of hydrogen-bond acceptors (Lipinski definition) is 1. The normalized spacial score (nSPS) is 41.6. The molecule has 4 rings (SSSR count). The number of Topliss-reactive ketones (excluding diaryl/α,β-unsaturated/α-hetero) is 1. The van der Waals surface area contributed by atoms with Crippen molar-refractivity contribution in [2.45, 2.75) is 112 Å². The fourth-order valence-electron chi connectivity index (χ4n) is 8.29. The van der Waals surface area contributed by atoms with Gasteiger partial charge in [-0.2, -0.15) is 0 Å². The van der Waals surface area contributed by atoms with Gasteiger partial charge in [-0.3, -0.25) is 4.79 Å². The van der Waals surface area contributed by atoms with Gasteiger partial charge in [-0.25, -0.2) is 0 Å². The molecule has 1 nitrogen and oxygen atoms in total. The Bertz CT molecular complexity index is 643. The first-order valence-electron chi connectivity index (χ1n) is 12.5. The van der Waals surface area contributed by atoms with Gasteiger partial charge in [0.05, 0.1) is 0 Å². The largest absolute Gasteiger partial charge is 0.295 e. The molecule has 4 aliphatic rings. The zero-order valence-electron chi connectivity index (χ0n) is 19.3. The third kappa shape index (κ3) is 3.33. The molecule has 4 aliphatic carbocycles. The summed E-state index contributed by atoms with van der Waals surface area (Å²) >= 11 is 0. The van der Waals surface area contributed by atoms with E-state index in [0.717, 1.165) is 30.1 Å². The van der Waals surface area contributed by atoms with Crippen LogP contribution in [-0.2, 0) is 4.79 Å². The van der Waals surface area contributed by atoms with Crippen molar-refractivity contribution in [3.63, 3.8) is 0 Å². The van der Waals surface area contributed by atoms with Crippen LogP contribution in [0.4, 0.5) is 0 Å². The van der Waals surface area contributed by atoms with Crippen LogP contribution in [0.2, 0.25) is 0 Å². The molecule has 3 fully saturated rings. The van der Waals surface area contributed by atoms with Gasteiger partial charge in [-0.1, -0.05) is 65.9 Å². The average molecular weight is 385 g/mol. The molecule has 3 saturated carbocycles. The number of fused-ring (bicyclic) bond motifs is 5. The molecular formula is C27H44O. The van der Waals surface area contributed by atoms with Gasteiger partial charge in [-0.15, -0.1) is 0 Å². The minimum absolute atomic E-state index is 0.195. The van der Waals surface area contributed by atoms with Crippen LogP contribution in [0.25, 0.3) is 0 Å². The number of ketones is 1. The van der Waals surface area contributed by atoms with Crippen molar-refractivity contribution in [1.29, 1.82) is 0 Å². The van der Waals surface area contributed by atoms with E-state index in [-0.39, 0.29) is 5.41 Å². The zero-order chi connectivity index (χ0) is 20.1. The highest BCUT2D eigenvalue weighted by atomic mass is 16.1. The molecule has 0 amide bonds. The Balaban J connectivity index is 1.57. The van der Waals surface area contributed by atoms with E-state index in [9.17, 15) is 4.79 Å². The predicted molar refractivity (Wildman–Crippen MR) is 118 cm³/mol. The highest BCUT2D eigenvalue weighted by Crippen LogP contribution is 2.65. The number of carbonyl (C=O) groups excluding carboxylic acids is 1. The lowest BCUT2D eigenvalue weighted by molar-refractivity contribution is -0.118. The Hall–Kier alpha value is -0.590. The van der Waals surface area contributed by atoms with E-state index in [1.807, 2.05) is 0 Å². The molecule has 0 aliphatic heterocycles. The molecule has 0 N–H and O–H groups in total. The van der Waals surface area contributed by atoms with Crippen LogP contribution >= 0.6 is 0 Å². The zero-order valence-corrected chi connectivity index (χ0v) is 19.3. The lowest BCUT2D eigenvalue weighted by atomic mass is 9.46. The molecule has 0 spiro atoms. The Morgan fingerprint density at radius 2 is 1.75 bits per heavy atom. The summed E-state index contributed by atoms with van der Waals surface area (Å²) in [5.74, 6) is 4.36. The summed E-state index contributed by atoms with van der Waals surface area (Å²) in [7, 11) is 0. The average Bonchev–Trinajstić information content (AvgIpc) is 2.90. The molecule has 0 aromatic heterocycles. The molecule has 28 heavy (non-hydrogen) atoms. The molecule has 158 valence electrons. The SMILES string of the molecule is CC(C)CCC[C@H](C)C1=C2CC[C@H]3[C@@H]4CCCC[C@@]4(C)CC[C@@H]3[C@@]2(C)CC1=O. The minimum atomic E-state index is 0.195. The molecule has 0 heterocycles. The van der Waals surface area contributed by atoms with E-state index in [2.05, 4.69) is 34.6 Å². The maximum atomic E-state index is 13.2. The number of allylic oxidation sites excluding steroid dienone is 2. The van der Waals surface area contributed by atoms with Crippen LogP contribution in [0.3, 0.4) is 0 Å². The fourth-order valence-corrected chi connectivity index (χ4v) is 8.29. The molecule has 1 heteroatoms. The first kappa shape index (κ1) is 20.7. The van der Waals surface area contributed by atoms with Crippen molar-refractivity contribution < 1.29 is 4.79 Å². The topological polar surface area (TPSA) is 17.1 Å². The van der Waals surface area contributed by atoms with Gasteiger partial charge in [0.25, 0.3) is 0 Å². The lowest BCUT2D eigenvalue weighted by Gasteiger charge is -2.58. The third-order valence-electron chi connectivity index (χ3n) is 9.77. The second-order valence-corrected chi connectivity index (χ2v) is 12.0. The van der Waals surface area contributed by atoms with Crippen molar-refractivity contribution in [1.82, 2.24) is 0 Å². The molecule has 0 aromatic rings. The summed E-state index contributed by atoms with van der Waals surface area (Å²) in [6, 6.07) is 0. The molecule has 6 atom stereocenters. The van der Waals surface area contributed by atoms with Crippen LogP contribution in [-0.4, -0.2) is 5.78 Å². The third-order valence-corrected chi connectivity index (χ3v) is 9.77. The van der Waals surface area contributed by atoms with Gasteiger partial charge in [0.15, 0.2) is 5.78 Å². The minimum Gasteiger partial charge on any atom is -0.295 e. The summed E-state index contributed by atoms with van der Waals surface area (Å²) in [6.45, 7) is 12.1. The Morgan fingerprint density at radius 1 is 0.964 bits per heavy atom. The summed E-state index contributed by atoms with van der Waals surface area (Å²) < 4.78 is 0. The van der Waals surface area contributed by atoms with Gasteiger partial charge in [0, 0.05) is 6.42 Å². The van der Waals surface area contributed by atoms with E-state index >= 15 is 0 Å². The van der Waals surface area contributed by atoms with Crippen LogP contribution in [0.1, 0.15) is 112 Å². The van der Waals surface area contributed by atoms with Crippen LogP contribution < -0.4 is 0 Å². The van der Waals surface area contributed by atoms with E-state index in [1.54, 1.807) is 5.57 Å². The van der Waals surface area contributed by atoms with Gasteiger partial charge in [0.2, 0.25) is 0 Å². The standard InChI is InChI=1S/C27H44O/c1-18(2)9-8-10-19(3)25-23-13-12-20-21-11-6-7-15-26(21,4)16-14-22(20)27(23,5)17-24(25)28/h18-22H,6-17H2,1-5H3/t19-,20-,21-,22-,26-,27+/m0/s1. The number of hydrogen-bond donors (Lipinski definition) is 0. The van der Waals surface area contributed by atoms with E-state index < -0.39 is 0 Å². The number of carbonyl (C=O) groups is 1. The van der Waals surface area contributed by atoms with E-state index in [1.165, 1.54) is 76.2 Å². The fraction of sp³-hybridized carbons (Fsp3) is 0.889. The van der Waals surface area contributed by atoms with Crippen LogP contribution in [0.15, 0.2) is 11.1 Å². The Kier molecular flexibility index (Phi) is 5.60. The summed E-state index contributed by atoms with van der Waals surface area (Å²) in [5, 5.41) is 0. The smallest absolute Gasteiger partial charge is 0.159 e. The summed E-state index contributed by atoms with van der Waals surface area (Å²) in [6.07, 6.45) is 15.8. The van der Waals surface area contributed by atoms with Crippen molar-refractivity contribution in [3.8, 4) is 0 Å². The monoisotopic (exact) mass is 384 g/mol. The van der Waals surface area contributed by atoms with Gasteiger partial charge < -0.3 is 0 Å². The number of rotatable bonds is 5. The second-order valence-electron chi connectivity index (χ2n) is 12.0. The lowest BCUT2D eigenvalue weighted by Crippen LogP contribution is -2.50. The summed E-state index contributed by atoms with van der Waals surface area (Å²) in [4.78, 5) is 13.2. The second kappa shape index (κ2) is 7.59. The van der Waals surface area contributed by atoms with Crippen molar-refractivity contribution >= 4 is 5.78 Å². The van der Waals surface area contributed by atoms with Crippen molar-refractivity contribution in [3.05, 3.63) is 11.1 Å². The van der Waals surface area contributed by atoms with Crippen molar-refractivity contribution in [2.24, 2.45) is 40.4 Å². The molecule has 0 unspecified atom stereocenters. The van der Waals surface area contributed by atoms with Gasteiger partial charge >= 0.3 is 0 Å². The van der Waals surface area contributed by atoms with Gasteiger partial charge in [-0.05, 0) is 90.9 Å². The van der Waals surface area contributed by atoms with E-state index in [4.69, 9.17) is 0 Å². The Labute approximate surface area is 174 Å². The first-order valence-corrected chi connectivity index (χ1v) is 12.5. The maximum Gasteiger partial charge on any atom is 0.159 e. The van der Waals surface area contributed by atoms with E-state index in [0.29, 0.717) is 17.1 Å². The molecule has 0 saturated heterocycles. The maximum absolute atomic E-state index is 13.2. The molecule has 0 bridgehead atoms. The molecular weight excluding hydrogens is 340 g/mol. The van der Waals surface area contributed by atoms with Gasteiger partial charge in [0.1, 0.15) is 0 Å². The van der Waals surface area contributed by atoms with Crippen LogP contribution in [0, 0.1) is 40.4 Å². The highest BCUT2D eigenvalue weighted by Gasteiger charge is 2.58. The van der Waals surface area contributed by atoms with Crippen molar-refractivity contribution in [2.75, 3.05) is 0 Å². The first-order chi connectivity index (χ1) is 13.3.